The molecule has 1 aromatic rings. The van der Waals surface area contributed by atoms with Gasteiger partial charge in [-0.3, -0.25) is 28.8 Å². The maximum Gasteiger partial charge on any atom is 0.248 e. The molecule has 4 amide bonds. The van der Waals surface area contributed by atoms with Gasteiger partial charge in [0.05, 0.1) is 12.2 Å². The lowest BCUT2D eigenvalue weighted by atomic mass is 9.44. The van der Waals surface area contributed by atoms with Crippen LogP contribution in [0.2, 0.25) is 0 Å². The highest BCUT2D eigenvalue weighted by Crippen LogP contribution is 2.72. The van der Waals surface area contributed by atoms with Gasteiger partial charge in [0.25, 0.3) is 0 Å². The predicted molar refractivity (Wildman–Crippen MR) is 225 cm³/mol. The minimum absolute atomic E-state index is 0.00436. The lowest BCUT2D eigenvalue weighted by Gasteiger charge is -2.63. The molecular weight excluding hydrogens is 851 g/mol. The average Bonchev–Trinajstić information content (AvgIpc) is 3.90. The van der Waals surface area contributed by atoms with Gasteiger partial charge in [-0.25, -0.2) is 8.78 Å². The third kappa shape index (κ3) is 7.66. The van der Waals surface area contributed by atoms with E-state index in [0.717, 1.165) is 11.0 Å². The summed E-state index contributed by atoms with van der Waals surface area (Å²) >= 11 is 0. The molecule has 7 aliphatic rings. The quantitative estimate of drug-likeness (QED) is 0.168. The molecule has 0 bridgehead atoms. The summed E-state index contributed by atoms with van der Waals surface area (Å²) in [6.07, 6.45) is 3.44. The van der Waals surface area contributed by atoms with Gasteiger partial charge < -0.3 is 50.4 Å². The Balaban J connectivity index is 0.862. The number of carbonyl (C=O) groups excluding carboxylic acids is 6. The molecule has 4 unspecified atom stereocenters. The Kier molecular flexibility index (Phi) is 12.1. The summed E-state index contributed by atoms with van der Waals surface area (Å²) in [7, 11) is 0. The van der Waals surface area contributed by atoms with Crippen LogP contribution in [0, 0.1) is 22.7 Å². The normalized spacial score (nSPS) is 36.5. The number of ketones is 2. The van der Waals surface area contributed by atoms with Crippen LogP contribution >= 0.6 is 0 Å². The number of allylic oxidation sites excluding steroid dienone is 8. The van der Waals surface area contributed by atoms with E-state index in [-0.39, 0.29) is 37.8 Å². The molecule has 6 N–H and O–H groups in total. The molecule has 13 atom stereocenters. The zero-order valence-corrected chi connectivity index (χ0v) is 36.4. The molecule has 0 radical (unpaired) electrons. The zero-order valence-electron chi connectivity index (χ0n) is 36.4. The highest BCUT2D eigenvalue weighted by Gasteiger charge is 2.80. The van der Waals surface area contributed by atoms with E-state index in [0.29, 0.717) is 35.6 Å². The van der Waals surface area contributed by atoms with E-state index >= 15 is 8.78 Å². The number of carbonyl (C=O) groups is 6. The number of aliphatic hydroxyl groups excluding tert-OH is 3. The van der Waals surface area contributed by atoms with Crippen molar-refractivity contribution >= 4 is 35.2 Å². The van der Waals surface area contributed by atoms with Crippen LogP contribution in [0.15, 0.2) is 83.8 Å². The van der Waals surface area contributed by atoms with Gasteiger partial charge in [0.2, 0.25) is 23.6 Å². The Hall–Kier alpha value is -5.40. The molecule has 2 aliphatic heterocycles. The van der Waals surface area contributed by atoms with Crippen molar-refractivity contribution in [3.05, 3.63) is 89.4 Å². The number of Topliss-reactive ketones (excluding diaryl/α,β-unsaturated/α-hetero) is 1. The number of halogens is 2. The van der Waals surface area contributed by atoms with E-state index in [1.165, 1.54) is 45.1 Å². The Morgan fingerprint density at radius 3 is 2.35 bits per heavy atom. The summed E-state index contributed by atoms with van der Waals surface area (Å²) in [5, 5.41) is 39.7. The van der Waals surface area contributed by atoms with Crippen LogP contribution in [-0.4, -0.2) is 117 Å². The van der Waals surface area contributed by atoms with Gasteiger partial charge in [-0.2, -0.15) is 0 Å². The lowest BCUT2D eigenvalue weighted by Crippen LogP contribution is -2.70. The molecule has 8 rings (SSSR count). The standard InChI is InChI=1S/C47H54F2N4O12/c1-24(50-38(58)16-18-53-39(59)13-14-40(53)60)41(61)51-25(2)42(62)52-27-7-11-30(12-8-27)63-29-9-5-26(6-10-29)43-64-37-21-31-32-20-34(48)33-19-28(55)15-17-44(33,3)46(32,49)35(56)22-45(31,4)47(37,65-43)36(57)23-54/h5-7,9-11,13-15,17,19,24-25,31-32,34-35,37,39,43,54,56,59H,8,12,16,18,20-23H2,1-4H3,(H,50,58)(H,51,61)(H,52,62)/t24-,25-,31-,32?,34-,35-,37?,39-,43+,44?,45-,46-,47?/m0/s1. The van der Waals surface area contributed by atoms with Gasteiger partial charge in [0, 0.05) is 53.5 Å². The van der Waals surface area contributed by atoms with Gasteiger partial charge in [0.15, 0.2) is 29.1 Å². The lowest BCUT2D eigenvalue weighted by molar-refractivity contribution is -0.235. The third-order valence-electron chi connectivity index (χ3n) is 14.8. The minimum atomic E-state index is -2.36. The van der Waals surface area contributed by atoms with Crippen LogP contribution in [0.4, 0.5) is 8.78 Å². The third-order valence-corrected chi connectivity index (χ3v) is 14.8. The fraction of sp³-hybridized carbons (Fsp3) is 0.532. The summed E-state index contributed by atoms with van der Waals surface area (Å²) in [4.78, 5) is 76.9. The fourth-order valence-corrected chi connectivity index (χ4v) is 11.4. The Morgan fingerprint density at radius 2 is 1.69 bits per heavy atom. The number of rotatable bonds is 13. The molecule has 348 valence electrons. The van der Waals surface area contributed by atoms with Gasteiger partial charge >= 0.3 is 0 Å². The summed E-state index contributed by atoms with van der Waals surface area (Å²) in [6, 6.07) is 4.86. The number of hydrogen-bond acceptors (Lipinski definition) is 12. The first-order valence-electron chi connectivity index (χ1n) is 21.9. The molecule has 1 aromatic carbocycles. The highest BCUT2D eigenvalue weighted by molar-refractivity contribution is 6.01. The van der Waals surface area contributed by atoms with Crippen molar-refractivity contribution in [2.75, 3.05) is 13.2 Å². The largest absolute Gasteiger partial charge is 0.462 e. The molecule has 1 saturated heterocycles. The van der Waals surface area contributed by atoms with Crippen LogP contribution in [0.25, 0.3) is 0 Å². The number of aliphatic hydroxyl groups is 3. The molecule has 2 heterocycles. The molecule has 65 heavy (non-hydrogen) atoms. The first-order valence-corrected chi connectivity index (χ1v) is 21.9. The smallest absolute Gasteiger partial charge is 0.248 e. The monoisotopic (exact) mass is 904 g/mol. The molecule has 18 heteroatoms. The van der Waals surface area contributed by atoms with E-state index in [2.05, 4.69) is 16.0 Å². The van der Waals surface area contributed by atoms with Crippen LogP contribution < -0.4 is 20.7 Å². The maximum absolute atomic E-state index is 17.7. The molecule has 4 fully saturated rings. The van der Waals surface area contributed by atoms with Crippen LogP contribution in [0.5, 0.6) is 5.75 Å². The molecule has 3 saturated carbocycles. The zero-order chi connectivity index (χ0) is 46.8. The number of nitrogens with one attached hydrogen (secondary N) is 3. The van der Waals surface area contributed by atoms with Crippen LogP contribution in [-0.2, 0) is 38.2 Å². The average molecular weight is 905 g/mol. The minimum Gasteiger partial charge on any atom is -0.462 e. The van der Waals surface area contributed by atoms with Gasteiger partial charge in [0.1, 0.15) is 42.6 Å². The van der Waals surface area contributed by atoms with Crippen molar-refractivity contribution in [1.82, 2.24) is 20.9 Å². The summed E-state index contributed by atoms with van der Waals surface area (Å²) < 4.78 is 52.8. The summed E-state index contributed by atoms with van der Waals surface area (Å²) in [6.45, 7) is 5.26. The number of nitrogens with zero attached hydrogens (tertiary/aromatic N) is 1. The molecule has 16 nitrogen and oxygen atoms in total. The molecular formula is C47H54F2N4O12. The van der Waals surface area contributed by atoms with Crippen molar-refractivity contribution in [1.29, 1.82) is 0 Å². The molecule has 0 spiro atoms. The first-order chi connectivity index (χ1) is 30.7. The van der Waals surface area contributed by atoms with Crippen molar-refractivity contribution in [3.8, 4) is 5.75 Å². The van der Waals surface area contributed by atoms with Crippen LogP contribution in [0.1, 0.15) is 78.1 Å². The Morgan fingerprint density at radius 1 is 0.969 bits per heavy atom. The number of amides is 4. The van der Waals surface area contributed by atoms with E-state index in [1.54, 1.807) is 43.3 Å². The summed E-state index contributed by atoms with van der Waals surface area (Å²) in [5.74, 6) is -3.79. The van der Waals surface area contributed by atoms with Crippen molar-refractivity contribution in [2.45, 2.75) is 120 Å². The highest BCUT2D eigenvalue weighted by atomic mass is 19.1. The van der Waals surface area contributed by atoms with Gasteiger partial charge in [-0.15, -0.1) is 0 Å². The van der Waals surface area contributed by atoms with Gasteiger partial charge in [-0.1, -0.05) is 25.1 Å². The summed E-state index contributed by atoms with van der Waals surface area (Å²) in [5.41, 5.74) is -5.87. The van der Waals surface area contributed by atoms with E-state index in [9.17, 15) is 44.1 Å². The second-order valence-electron chi connectivity index (χ2n) is 18.5. The second kappa shape index (κ2) is 17.1. The number of alkyl halides is 2. The van der Waals surface area contributed by atoms with E-state index in [4.69, 9.17) is 14.2 Å². The predicted octanol–water partition coefficient (Wildman–Crippen LogP) is 2.50. The fourth-order valence-electron chi connectivity index (χ4n) is 11.4. The topological polar surface area (TPSA) is 230 Å². The second-order valence-corrected chi connectivity index (χ2v) is 18.5. The molecule has 5 aliphatic carbocycles. The van der Waals surface area contributed by atoms with Crippen molar-refractivity contribution in [2.24, 2.45) is 22.7 Å². The Labute approximate surface area is 373 Å². The number of hydrogen-bond donors (Lipinski definition) is 6. The van der Waals surface area contributed by atoms with E-state index in [1.807, 2.05) is 0 Å². The number of benzene rings is 1. The van der Waals surface area contributed by atoms with Gasteiger partial charge in [-0.05, 0) is 100 Å². The first kappa shape index (κ1) is 46.1. The van der Waals surface area contributed by atoms with Crippen molar-refractivity contribution < 1.29 is 67.1 Å². The number of fused-ring (bicyclic) bond motifs is 7. The number of ether oxygens (including phenoxy) is 3. The van der Waals surface area contributed by atoms with E-state index < -0.39 is 119 Å². The SMILES string of the molecule is C[C@H](NC(=O)CCN1C(=O)C=C[C@@H]1O)C(=O)N[C@@H](C)C(=O)NC1=CC=C(Oc2ccc([C@@H]3OC4C[C@H]5C6C[C@H](F)C7=CC(=O)C=CC7(C)[C@@]6(F)[C@@H](O)C[C@]5(C)C4(C(=O)CO)O3)cc2)CC1. The Bertz CT molecular complexity index is 2330. The van der Waals surface area contributed by atoms with Crippen LogP contribution in [0.3, 0.4) is 0 Å². The maximum atomic E-state index is 17.7. The molecule has 0 aromatic heterocycles. The van der Waals surface area contributed by atoms with Crippen molar-refractivity contribution in [3.63, 3.8) is 0 Å².